The second kappa shape index (κ2) is 6.76. The third-order valence-electron chi connectivity index (χ3n) is 4.06. The first-order chi connectivity index (χ1) is 12.6. The van der Waals surface area contributed by atoms with E-state index in [0.717, 1.165) is 16.9 Å². The number of halogens is 2. The topological polar surface area (TPSA) is 75.1 Å². The van der Waals surface area contributed by atoms with Crippen molar-refractivity contribution in [3.63, 3.8) is 0 Å². The van der Waals surface area contributed by atoms with E-state index in [-0.39, 0.29) is 5.69 Å². The van der Waals surface area contributed by atoms with Crippen LogP contribution in [0.4, 0.5) is 4.39 Å². The Kier molecular flexibility index (Phi) is 4.30. The zero-order valence-electron chi connectivity index (χ0n) is 13.7. The zero-order valence-corrected chi connectivity index (χ0v) is 14.4. The molecule has 26 heavy (non-hydrogen) atoms. The van der Waals surface area contributed by atoms with Gasteiger partial charge in [0.05, 0.1) is 11.0 Å². The molecule has 8 heteroatoms. The number of aromatic nitrogens is 4. The molecule has 0 atom stereocenters. The van der Waals surface area contributed by atoms with Gasteiger partial charge >= 0.3 is 0 Å². The molecular formula is C18H15ClFN5O. The molecule has 4 rings (SSSR count). The fourth-order valence-corrected chi connectivity index (χ4v) is 2.98. The van der Waals surface area contributed by atoms with Crippen molar-refractivity contribution in [1.82, 2.24) is 24.7 Å². The number of imidazole rings is 2. The average Bonchev–Trinajstić information content (AvgIpc) is 3.19. The number of amides is 1. The van der Waals surface area contributed by atoms with Gasteiger partial charge in [0.2, 0.25) is 5.95 Å². The molecule has 0 radical (unpaired) electrons. The summed E-state index contributed by atoms with van der Waals surface area (Å²) in [5, 5.41) is 3.34. The van der Waals surface area contributed by atoms with Crippen molar-refractivity contribution < 1.29 is 9.18 Å². The summed E-state index contributed by atoms with van der Waals surface area (Å²) in [4.78, 5) is 23.9. The Balaban J connectivity index is 1.36. The van der Waals surface area contributed by atoms with Gasteiger partial charge in [0.1, 0.15) is 11.5 Å². The molecule has 0 aliphatic rings. The van der Waals surface area contributed by atoms with Gasteiger partial charge in [-0.3, -0.25) is 9.20 Å². The van der Waals surface area contributed by atoms with Gasteiger partial charge in [-0.05, 0) is 36.8 Å². The van der Waals surface area contributed by atoms with Crippen molar-refractivity contribution in [3.8, 4) is 0 Å². The number of nitrogens with zero attached hydrogens (tertiary/aromatic N) is 3. The summed E-state index contributed by atoms with van der Waals surface area (Å²) in [5.74, 6) is -0.370. The maximum absolute atomic E-state index is 14.2. The third-order valence-corrected chi connectivity index (χ3v) is 4.29. The Morgan fingerprint density at radius 2 is 2.15 bits per heavy atom. The van der Waals surface area contributed by atoms with Gasteiger partial charge in [-0.1, -0.05) is 17.7 Å². The predicted molar refractivity (Wildman–Crippen MR) is 96.9 cm³/mol. The Bertz CT molecular complexity index is 1100. The summed E-state index contributed by atoms with van der Waals surface area (Å²) in [6.45, 7) is 0.393. The fourth-order valence-electron chi connectivity index (χ4n) is 2.80. The van der Waals surface area contributed by atoms with Crippen LogP contribution in [0.3, 0.4) is 0 Å². The lowest BCUT2D eigenvalue weighted by Gasteiger charge is -2.02. The first kappa shape index (κ1) is 16.5. The maximum Gasteiger partial charge on any atom is 0.274 e. The third kappa shape index (κ3) is 3.13. The Hall–Kier alpha value is -2.93. The van der Waals surface area contributed by atoms with E-state index in [1.54, 1.807) is 24.3 Å². The highest BCUT2D eigenvalue weighted by atomic mass is 35.5. The molecule has 0 saturated heterocycles. The van der Waals surface area contributed by atoms with Crippen LogP contribution in [0.25, 0.3) is 16.7 Å². The summed E-state index contributed by atoms with van der Waals surface area (Å²) in [6.07, 6.45) is 2.84. The van der Waals surface area contributed by atoms with Crippen LogP contribution in [0.2, 0.25) is 5.02 Å². The molecular weight excluding hydrogens is 357 g/mol. The summed E-state index contributed by atoms with van der Waals surface area (Å²) in [6, 6.07) is 10.5. The first-order valence-electron chi connectivity index (χ1n) is 8.17. The lowest BCUT2D eigenvalue weighted by molar-refractivity contribution is 0.0944. The normalized spacial score (nSPS) is 11.3. The van der Waals surface area contributed by atoms with E-state index in [1.807, 2.05) is 12.1 Å². The number of pyridine rings is 1. The SMILES string of the molecule is O=C(NCCCc1nc2ccc(Cl)cc2[nH]1)c1nc2ccccn2c1F. The molecule has 2 N–H and O–H groups in total. The second-order valence-corrected chi connectivity index (χ2v) is 6.32. The molecule has 0 unspecified atom stereocenters. The highest BCUT2D eigenvalue weighted by Gasteiger charge is 2.18. The van der Waals surface area contributed by atoms with Crippen molar-refractivity contribution in [3.05, 3.63) is 65.1 Å². The minimum Gasteiger partial charge on any atom is -0.351 e. The van der Waals surface area contributed by atoms with E-state index >= 15 is 0 Å². The molecule has 1 aromatic carbocycles. The minimum atomic E-state index is -0.660. The number of aromatic amines is 1. The highest BCUT2D eigenvalue weighted by Crippen LogP contribution is 2.17. The van der Waals surface area contributed by atoms with E-state index in [2.05, 4.69) is 20.3 Å². The van der Waals surface area contributed by atoms with E-state index in [9.17, 15) is 9.18 Å². The Morgan fingerprint density at radius 1 is 1.27 bits per heavy atom. The van der Waals surface area contributed by atoms with Crippen LogP contribution in [0.1, 0.15) is 22.7 Å². The van der Waals surface area contributed by atoms with Gasteiger partial charge < -0.3 is 10.3 Å². The lowest BCUT2D eigenvalue weighted by Crippen LogP contribution is -2.26. The van der Waals surface area contributed by atoms with Crippen LogP contribution >= 0.6 is 11.6 Å². The van der Waals surface area contributed by atoms with Crippen molar-refractivity contribution in [2.45, 2.75) is 12.8 Å². The zero-order chi connectivity index (χ0) is 18.1. The molecule has 0 aliphatic carbocycles. The summed E-state index contributed by atoms with van der Waals surface area (Å²) < 4.78 is 15.5. The highest BCUT2D eigenvalue weighted by molar-refractivity contribution is 6.31. The standard InChI is InChI=1S/C18H15ClFN5O/c19-11-6-7-12-13(10-11)23-14(22-12)4-3-8-21-18(26)16-17(20)25-9-2-1-5-15(25)24-16/h1-2,5-7,9-10H,3-4,8H2,(H,21,26)(H,22,23). The molecule has 1 amide bonds. The molecule has 4 aromatic rings. The Labute approximate surface area is 153 Å². The number of carbonyl (C=O) groups excluding carboxylic acids is 1. The number of carbonyl (C=O) groups is 1. The number of fused-ring (bicyclic) bond motifs is 2. The summed E-state index contributed by atoms with van der Waals surface area (Å²) in [5.41, 5.74) is 1.93. The maximum atomic E-state index is 14.2. The molecule has 0 bridgehead atoms. The molecule has 0 spiro atoms. The number of aryl methyl sites for hydroxylation is 1. The first-order valence-corrected chi connectivity index (χ1v) is 8.54. The second-order valence-electron chi connectivity index (χ2n) is 5.88. The number of benzene rings is 1. The van der Waals surface area contributed by atoms with Gasteiger partial charge in [0, 0.05) is 24.2 Å². The number of rotatable bonds is 5. The molecule has 0 fully saturated rings. The average molecular weight is 372 g/mol. The van der Waals surface area contributed by atoms with Gasteiger partial charge in [0.25, 0.3) is 5.91 Å². The van der Waals surface area contributed by atoms with Crippen LogP contribution < -0.4 is 5.32 Å². The van der Waals surface area contributed by atoms with Gasteiger partial charge in [-0.15, -0.1) is 0 Å². The van der Waals surface area contributed by atoms with Gasteiger partial charge in [0.15, 0.2) is 5.69 Å². The molecule has 132 valence electrons. The quantitative estimate of drug-likeness (QED) is 0.528. The van der Waals surface area contributed by atoms with Crippen molar-refractivity contribution >= 4 is 34.2 Å². The molecule has 0 aliphatic heterocycles. The number of hydrogen-bond acceptors (Lipinski definition) is 3. The minimum absolute atomic E-state index is 0.199. The number of hydrogen-bond donors (Lipinski definition) is 2. The van der Waals surface area contributed by atoms with Crippen LogP contribution in [0.15, 0.2) is 42.6 Å². The largest absolute Gasteiger partial charge is 0.351 e. The van der Waals surface area contributed by atoms with Gasteiger partial charge in [-0.2, -0.15) is 4.39 Å². The number of nitrogens with one attached hydrogen (secondary N) is 2. The summed E-state index contributed by atoms with van der Waals surface area (Å²) >= 11 is 5.96. The predicted octanol–water partition coefficient (Wildman–Crippen LogP) is 3.37. The molecule has 6 nitrogen and oxygen atoms in total. The van der Waals surface area contributed by atoms with Crippen LogP contribution in [0, 0.1) is 5.95 Å². The van der Waals surface area contributed by atoms with Crippen LogP contribution in [-0.2, 0) is 6.42 Å². The Morgan fingerprint density at radius 3 is 3.00 bits per heavy atom. The van der Waals surface area contributed by atoms with E-state index < -0.39 is 11.9 Å². The van der Waals surface area contributed by atoms with Crippen LogP contribution in [-0.4, -0.2) is 31.8 Å². The monoisotopic (exact) mass is 371 g/mol. The van der Waals surface area contributed by atoms with Gasteiger partial charge in [-0.25, -0.2) is 9.97 Å². The van der Waals surface area contributed by atoms with E-state index in [0.29, 0.717) is 30.1 Å². The molecule has 3 aromatic heterocycles. The lowest BCUT2D eigenvalue weighted by atomic mass is 10.3. The van der Waals surface area contributed by atoms with Crippen molar-refractivity contribution in [1.29, 1.82) is 0 Å². The van der Waals surface area contributed by atoms with E-state index in [4.69, 9.17) is 11.6 Å². The van der Waals surface area contributed by atoms with Crippen LogP contribution in [0.5, 0.6) is 0 Å². The van der Waals surface area contributed by atoms with Crippen molar-refractivity contribution in [2.24, 2.45) is 0 Å². The smallest absolute Gasteiger partial charge is 0.274 e. The fraction of sp³-hybridized carbons (Fsp3) is 0.167. The number of H-pyrrole nitrogens is 1. The molecule has 3 heterocycles. The molecule has 0 saturated carbocycles. The van der Waals surface area contributed by atoms with Crippen molar-refractivity contribution in [2.75, 3.05) is 6.54 Å². The van der Waals surface area contributed by atoms with E-state index in [1.165, 1.54) is 10.6 Å². The summed E-state index contributed by atoms with van der Waals surface area (Å²) in [7, 11) is 0.